The van der Waals surface area contributed by atoms with Crippen molar-refractivity contribution in [2.45, 2.75) is 6.92 Å². The summed E-state index contributed by atoms with van der Waals surface area (Å²) in [6.45, 7) is 2.65. The summed E-state index contributed by atoms with van der Waals surface area (Å²) in [5.74, 6) is 0.878. The van der Waals surface area contributed by atoms with Crippen molar-refractivity contribution in [3.63, 3.8) is 0 Å². The summed E-state index contributed by atoms with van der Waals surface area (Å²) in [4.78, 5) is 4.63. The molecule has 0 aliphatic rings. The predicted octanol–water partition coefficient (Wildman–Crippen LogP) is 5.71. The van der Waals surface area contributed by atoms with Crippen LogP contribution in [0.15, 0.2) is 58.4 Å². The molecule has 0 saturated heterocycles. The van der Waals surface area contributed by atoms with Crippen molar-refractivity contribution in [1.82, 2.24) is 4.98 Å². The minimum Gasteiger partial charge on any atom is -0.494 e. The normalized spacial score (nSPS) is 10.5. The van der Waals surface area contributed by atoms with Gasteiger partial charge < -0.3 is 10.1 Å². The van der Waals surface area contributed by atoms with Crippen molar-refractivity contribution in [1.29, 1.82) is 0 Å². The fraction of sp³-hybridized carbons (Fsp3) is 0.118. The van der Waals surface area contributed by atoms with E-state index in [2.05, 4.69) is 43.7 Å². The number of ether oxygens (including phenoxy) is 1. The summed E-state index contributed by atoms with van der Waals surface area (Å²) in [5.41, 5.74) is 3.09. The maximum Gasteiger partial charge on any atom is 0.187 e. The molecule has 3 nitrogen and oxygen atoms in total. The average Bonchev–Trinajstić information content (AvgIpc) is 2.99. The second-order valence-corrected chi connectivity index (χ2v) is 6.40. The topological polar surface area (TPSA) is 34.1 Å². The lowest BCUT2D eigenvalue weighted by Gasteiger charge is -2.05. The third-order valence-corrected chi connectivity index (χ3v) is 4.35. The number of halogens is 1. The molecule has 2 aromatic carbocycles. The Bertz CT molecular complexity index is 738. The molecule has 0 bridgehead atoms. The van der Waals surface area contributed by atoms with Gasteiger partial charge in [-0.1, -0.05) is 28.1 Å². The number of benzene rings is 2. The maximum atomic E-state index is 5.44. The molecular formula is C17H15BrN2OS. The van der Waals surface area contributed by atoms with Crippen molar-refractivity contribution in [2.24, 2.45) is 0 Å². The lowest BCUT2D eigenvalue weighted by Crippen LogP contribution is -1.92. The third-order valence-electron chi connectivity index (χ3n) is 3.06. The van der Waals surface area contributed by atoms with E-state index in [1.54, 1.807) is 11.3 Å². The molecule has 0 aliphatic heterocycles. The number of hydrogen-bond acceptors (Lipinski definition) is 4. The minimum atomic E-state index is 0.676. The Morgan fingerprint density at radius 3 is 2.50 bits per heavy atom. The average molecular weight is 375 g/mol. The number of aromatic nitrogens is 1. The van der Waals surface area contributed by atoms with Gasteiger partial charge in [0.15, 0.2) is 5.13 Å². The Labute approximate surface area is 142 Å². The summed E-state index contributed by atoms with van der Waals surface area (Å²) in [5, 5.41) is 6.25. The van der Waals surface area contributed by atoms with Crippen LogP contribution in [-0.2, 0) is 0 Å². The Kier molecular flexibility index (Phi) is 4.75. The zero-order valence-electron chi connectivity index (χ0n) is 12.0. The van der Waals surface area contributed by atoms with Crippen molar-refractivity contribution in [3.05, 3.63) is 58.4 Å². The van der Waals surface area contributed by atoms with E-state index in [0.29, 0.717) is 6.61 Å². The van der Waals surface area contributed by atoms with Gasteiger partial charge in [0, 0.05) is 21.1 Å². The SMILES string of the molecule is CCOc1ccc(Nc2nc(-c3ccc(Br)cc3)cs2)cc1. The molecule has 3 aromatic rings. The van der Waals surface area contributed by atoms with Crippen LogP contribution in [0.1, 0.15) is 6.92 Å². The molecular weight excluding hydrogens is 360 g/mol. The van der Waals surface area contributed by atoms with Crippen LogP contribution < -0.4 is 10.1 Å². The molecule has 0 aliphatic carbocycles. The number of hydrogen-bond donors (Lipinski definition) is 1. The van der Waals surface area contributed by atoms with Gasteiger partial charge in [-0.05, 0) is 43.3 Å². The quantitative estimate of drug-likeness (QED) is 0.620. The second-order valence-electron chi connectivity index (χ2n) is 4.63. The molecule has 1 N–H and O–H groups in total. The molecule has 0 spiro atoms. The maximum absolute atomic E-state index is 5.44. The summed E-state index contributed by atoms with van der Waals surface area (Å²) < 4.78 is 6.51. The summed E-state index contributed by atoms with van der Waals surface area (Å²) in [6, 6.07) is 16.0. The van der Waals surface area contributed by atoms with Gasteiger partial charge in [-0.3, -0.25) is 0 Å². The Morgan fingerprint density at radius 1 is 1.09 bits per heavy atom. The number of nitrogens with zero attached hydrogens (tertiary/aromatic N) is 1. The monoisotopic (exact) mass is 374 g/mol. The van der Waals surface area contributed by atoms with Crippen molar-refractivity contribution in [2.75, 3.05) is 11.9 Å². The Hall–Kier alpha value is -1.85. The van der Waals surface area contributed by atoms with Crippen LogP contribution in [0.3, 0.4) is 0 Å². The third kappa shape index (κ3) is 3.67. The van der Waals surface area contributed by atoms with Gasteiger partial charge in [-0.15, -0.1) is 11.3 Å². The summed E-state index contributed by atoms with van der Waals surface area (Å²) in [7, 11) is 0. The molecule has 5 heteroatoms. The van der Waals surface area contributed by atoms with Crippen molar-refractivity contribution in [3.8, 4) is 17.0 Å². The summed E-state index contributed by atoms with van der Waals surface area (Å²) >= 11 is 5.04. The first-order valence-electron chi connectivity index (χ1n) is 6.96. The first-order valence-corrected chi connectivity index (χ1v) is 8.63. The van der Waals surface area contributed by atoms with Gasteiger partial charge >= 0.3 is 0 Å². The van der Waals surface area contributed by atoms with Crippen LogP contribution in [0.4, 0.5) is 10.8 Å². The zero-order valence-corrected chi connectivity index (χ0v) is 14.4. The van der Waals surface area contributed by atoms with Crippen LogP contribution in [0.5, 0.6) is 5.75 Å². The van der Waals surface area contributed by atoms with Crippen LogP contribution >= 0.6 is 27.3 Å². The van der Waals surface area contributed by atoms with E-state index in [1.165, 1.54) is 0 Å². The molecule has 0 fully saturated rings. The highest BCUT2D eigenvalue weighted by Gasteiger charge is 2.05. The van der Waals surface area contributed by atoms with E-state index in [0.717, 1.165) is 32.3 Å². The van der Waals surface area contributed by atoms with Crippen LogP contribution in [0.25, 0.3) is 11.3 Å². The molecule has 3 rings (SSSR count). The molecule has 1 aromatic heterocycles. The van der Waals surface area contributed by atoms with E-state index >= 15 is 0 Å². The minimum absolute atomic E-state index is 0.676. The Balaban J connectivity index is 1.72. The fourth-order valence-corrected chi connectivity index (χ4v) is 3.01. The van der Waals surface area contributed by atoms with Gasteiger partial charge in [0.05, 0.1) is 12.3 Å². The summed E-state index contributed by atoms with van der Waals surface area (Å²) in [6.07, 6.45) is 0. The first-order chi connectivity index (χ1) is 10.7. The van der Waals surface area contributed by atoms with Gasteiger partial charge in [0.25, 0.3) is 0 Å². The molecule has 22 heavy (non-hydrogen) atoms. The van der Waals surface area contributed by atoms with E-state index in [9.17, 15) is 0 Å². The number of nitrogens with one attached hydrogen (secondary N) is 1. The standard InChI is InChI=1S/C17H15BrN2OS/c1-2-21-15-9-7-14(8-10-15)19-17-20-16(11-22-17)12-3-5-13(18)6-4-12/h3-11H,2H2,1H3,(H,19,20). The molecule has 0 amide bonds. The highest BCUT2D eigenvalue weighted by molar-refractivity contribution is 9.10. The van der Waals surface area contributed by atoms with Crippen LogP contribution in [0.2, 0.25) is 0 Å². The van der Waals surface area contributed by atoms with Gasteiger partial charge in [0.1, 0.15) is 5.75 Å². The molecule has 0 unspecified atom stereocenters. The molecule has 0 atom stereocenters. The fourth-order valence-electron chi connectivity index (χ4n) is 2.01. The highest BCUT2D eigenvalue weighted by atomic mass is 79.9. The number of thiazole rings is 1. The van der Waals surface area contributed by atoms with E-state index in [4.69, 9.17) is 4.74 Å². The zero-order chi connectivity index (χ0) is 15.4. The molecule has 112 valence electrons. The molecule has 0 saturated carbocycles. The lowest BCUT2D eigenvalue weighted by molar-refractivity contribution is 0.340. The molecule has 1 heterocycles. The Morgan fingerprint density at radius 2 is 1.82 bits per heavy atom. The molecule has 0 radical (unpaired) electrons. The van der Waals surface area contributed by atoms with Crippen molar-refractivity contribution >= 4 is 38.1 Å². The van der Waals surface area contributed by atoms with Gasteiger partial charge in [-0.25, -0.2) is 4.98 Å². The lowest BCUT2D eigenvalue weighted by atomic mass is 10.2. The highest BCUT2D eigenvalue weighted by Crippen LogP contribution is 2.28. The second kappa shape index (κ2) is 6.94. The van der Waals surface area contributed by atoms with Gasteiger partial charge in [-0.2, -0.15) is 0 Å². The number of rotatable bonds is 5. The van der Waals surface area contributed by atoms with E-state index < -0.39 is 0 Å². The van der Waals surface area contributed by atoms with Crippen LogP contribution in [0, 0.1) is 0 Å². The van der Waals surface area contributed by atoms with Crippen LogP contribution in [-0.4, -0.2) is 11.6 Å². The number of anilines is 2. The van der Waals surface area contributed by atoms with E-state index in [-0.39, 0.29) is 0 Å². The first kappa shape index (κ1) is 15.1. The van der Waals surface area contributed by atoms with E-state index in [1.807, 2.05) is 43.3 Å². The van der Waals surface area contributed by atoms with Gasteiger partial charge in [0.2, 0.25) is 0 Å². The van der Waals surface area contributed by atoms with Crippen molar-refractivity contribution < 1.29 is 4.74 Å². The predicted molar refractivity (Wildman–Crippen MR) is 96.1 cm³/mol. The largest absolute Gasteiger partial charge is 0.494 e. The smallest absolute Gasteiger partial charge is 0.187 e.